The highest BCUT2D eigenvalue weighted by Crippen LogP contribution is 2.31. The number of carbonyl (C=O) groups excluding carboxylic acids is 1. The van der Waals surface area contributed by atoms with Crippen LogP contribution in [-0.4, -0.2) is 14.3 Å². The van der Waals surface area contributed by atoms with Gasteiger partial charge in [-0.15, -0.1) is 11.3 Å². The fraction of sp³-hybridized carbons (Fsp3) is 0.150. The summed E-state index contributed by atoms with van der Waals surface area (Å²) in [6, 6.07) is 11.1. The van der Waals surface area contributed by atoms with Crippen molar-refractivity contribution in [1.82, 2.24) is 5.32 Å². The maximum absolute atomic E-state index is 12.8. The third-order valence-electron chi connectivity index (χ3n) is 4.23. The molecule has 30 heavy (non-hydrogen) atoms. The Morgan fingerprint density at radius 1 is 1.07 bits per heavy atom. The second-order valence-electron chi connectivity index (χ2n) is 6.42. The normalized spacial score (nSPS) is 11.9. The van der Waals surface area contributed by atoms with Crippen molar-refractivity contribution >= 4 is 33.0 Å². The van der Waals surface area contributed by atoms with Gasteiger partial charge in [0.05, 0.1) is 17.0 Å². The predicted molar refractivity (Wildman–Crippen MR) is 109 cm³/mol. The second-order valence-corrected chi connectivity index (χ2v) is 9.10. The Bertz CT molecular complexity index is 1170. The average molecular weight is 454 g/mol. The standard InChI is InChI=1S/C20H17F3N2O3S2/c1-13-8-9-29-18(13)12-24-19(26)14-4-2-7-17(10-14)30(27,28)25-16-6-3-5-15(11-16)20(21,22)23/h2-11,25H,12H2,1H3,(H,24,26). The molecule has 0 aliphatic rings. The highest BCUT2D eigenvalue weighted by Gasteiger charge is 2.30. The van der Waals surface area contributed by atoms with E-state index in [-0.39, 0.29) is 16.1 Å². The van der Waals surface area contributed by atoms with Gasteiger partial charge in [0.1, 0.15) is 0 Å². The molecule has 1 amide bonds. The first kappa shape index (κ1) is 21.8. The fourth-order valence-electron chi connectivity index (χ4n) is 2.63. The molecule has 158 valence electrons. The molecule has 1 heterocycles. The summed E-state index contributed by atoms with van der Waals surface area (Å²) in [5, 5.41) is 4.63. The minimum atomic E-state index is -4.60. The number of nitrogens with one attached hydrogen (secondary N) is 2. The van der Waals surface area contributed by atoms with Crippen molar-refractivity contribution in [3.05, 3.63) is 81.5 Å². The number of sulfonamides is 1. The van der Waals surface area contributed by atoms with Gasteiger partial charge in [0.25, 0.3) is 15.9 Å². The number of anilines is 1. The molecule has 0 saturated carbocycles. The lowest BCUT2D eigenvalue weighted by Crippen LogP contribution is -2.23. The highest BCUT2D eigenvalue weighted by atomic mass is 32.2. The minimum Gasteiger partial charge on any atom is -0.347 e. The number of halogens is 3. The average Bonchev–Trinajstić information content (AvgIpc) is 3.10. The van der Waals surface area contributed by atoms with Crippen molar-refractivity contribution in [2.24, 2.45) is 0 Å². The van der Waals surface area contributed by atoms with Crippen molar-refractivity contribution < 1.29 is 26.4 Å². The summed E-state index contributed by atoms with van der Waals surface area (Å²) in [4.78, 5) is 13.1. The number of aryl methyl sites for hydroxylation is 1. The smallest absolute Gasteiger partial charge is 0.347 e. The number of thiophene rings is 1. The Morgan fingerprint density at radius 2 is 1.80 bits per heavy atom. The Kier molecular flexibility index (Phi) is 6.18. The van der Waals surface area contributed by atoms with E-state index in [4.69, 9.17) is 0 Å². The monoisotopic (exact) mass is 454 g/mol. The molecular formula is C20H17F3N2O3S2. The Labute approximate surface area is 175 Å². The zero-order valence-electron chi connectivity index (χ0n) is 15.7. The summed E-state index contributed by atoms with van der Waals surface area (Å²) in [6.07, 6.45) is -4.60. The van der Waals surface area contributed by atoms with E-state index >= 15 is 0 Å². The van der Waals surface area contributed by atoms with Crippen LogP contribution in [0.4, 0.5) is 18.9 Å². The Hall–Kier alpha value is -2.85. The van der Waals surface area contributed by atoms with Gasteiger partial charge in [-0.3, -0.25) is 9.52 Å². The zero-order valence-corrected chi connectivity index (χ0v) is 17.3. The molecule has 0 aliphatic heterocycles. The lowest BCUT2D eigenvalue weighted by atomic mass is 10.2. The van der Waals surface area contributed by atoms with E-state index in [2.05, 4.69) is 10.0 Å². The van der Waals surface area contributed by atoms with Gasteiger partial charge in [-0.1, -0.05) is 12.1 Å². The summed E-state index contributed by atoms with van der Waals surface area (Å²) in [6.45, 7) is 2.23. The van der Waals surface area contributed by atoms with E-state index in [0.29, 0.717) is 12.6 Å². The number of benzene rings is 2. The van der Waals surface area contributed by atoms with Crippen molar-refractivity contribution in [3.63, 3.8) is 0 Å². The third kappa shape index (κ3) is 5.19. The minimum absolute atomic E-state index is 0.121. The number of carbonyl (C=O) groups is 1. The van der Waals surface area contributed by atoms with Crippen molar-refractivity contribution in [3.8, 4) is 0 Å². The topological polar surface area (TPSA) is 75.3 Å². The van der Waals surface area contributed by atoms with Crippen LogP contribution in [0.3, 0.4) is 0 Å². The summed E-state index contributed by atoms with van der Waals surface area (Å²) >= 11 is 1.50. The van der Waals surface area contributed by atoms with E-state index in [1.807, 2.05) is 18.4 Å². The van der Waals surface area contributed by atoms with Gasteiger partial charge in [-0.05, 0) is 60.3 Å². The lowest BCUT2D eigenvalue weighted by Gasteiger charge is -2.12. The van der Waals surface area contributed by atoms with Gasteiger partial charge in [0, 0.05) is 16.1 Å². The van der Waals surface area contributed by atoms with Gasteiger partial charge in [0.15, 0.2) is 0 Å². The maximum atomic E-state index is 12.8. The van der Waals surface area contributed by atoms with Gasteiger partial charge < -0.3 is 5.32 Å². The predicted octanol–water partition coefficient (Wildman–Crippen LogP) is 4.81. The van der Waals surface area contributed by atoms with Crippen molar-refractivity contribution in [2.75, 3.05) is 4.72 Å². The first-order valence-electron chi connectivity index (χ1n) is 8.67. The van der Waals surface area contributed by atoms with E-state index in [1.54, 1.807) is 0 Å². The van der Waals surface area contributed by atoms with Crippen molar-refractivity contribution in [1.29, 1.82) is 0 Å². The largest absolute Gasteiger partial charge is 0.416 e. The van der Waals surface area contributed by atoms with Crippen LogP contribution in [0.1, 0.15) is 26.4 Å². The van der Waals surface area contributed by atoms with Crippen molar-refractivity contribution in [2.45, 2.75) is 24.5 Å². The van der Waals surface area contributed by atoms with Crippen LogP contribution in [0.5, 0.6) is 0 Å². The van der Waals surface area contributed by atoms with Crippen LogP contribution in [0.15, 0.2) is 64.9 Å². The molecule has 3 rings (SSSR count). The fourth-order valence-corrected chi connectivity index (χ4v) is 4.57. The zero-order chi connectivity index (χ0) is 21.9. The number of hydrogen-bond donors (Lipinski definition) is 2. The van der Waals surface area contributed by atoms with Crippen LogP contribution in [-0.2, 0) is 22.7 Å². The lowest BCUT2D eigenvalue weighted by molar-refractivity contribution is -0.137. The van der Waals surface area contributed by atoms with Crippen LogP contribution in [0, 0.1) is 6.92 Å². The number of rotatable bonds is 6. The number of hydrogen-bond acceptors (Lipinski definition) is 4. The molecule has 2 N–H and O–H groups in total. The molecule has 0 saturated heterocycles. The maximum Gasteiger partial charge on any atom is 0.416 e. The molecule has 0 unspecified atom stereocenters. The number of alkyl halides is 3. The Morgan fingerprint density at radius 3 is 2.47 bits per heavy atom. The van der Waals surface area contributed by atoms with E-state index in [9.17, 15) is 26.4 Å². The van der Waals surface area contributed by atoms with E-state index in [1.165, 1.54) is 41.7 Å². The summed E-state index contributed by atoms with van der Waals surface area (Å²) in [5.74, 6) is -0.459. The molecular weight excluding hydrogens is 437 g/mol. The molecule has 2 aromatic carbocycles. The van der Waals surface area contributed by atoms with Gasteiger partial charge in [-0.25, -0.2) is 8.42 Å². The van der Waals surface area contributed by atoms with E-state index in [0.717, 1.165) is 22.6 Å². The molecule has 0 fully saturated rings. The first-order chi connectivity index (χ1) is 14.1. The molecule has 0 spiro atoms. The van der Waals surface area contributed by atoms with Gasteiger partial charge in [-0.2, -0.15) is 13.2 Å². The second kappa shape index (κ2) is 8.49. The molecule has 3 aromatic rings. The molecule has 1 aromatic heterocycles. The molecule has 10 heteroatoms. The van der Waals surface area contributed by atoms with Crippen LogP contribution >= 0.6 is 11.3 Å². The first-order valence-corrected chi connectivity index (χ1v) is 11.0. The molecule has 0 aliphatic carbocycles. The van der Waals surface area contributed by atoms with Gasteiger partial charge in [0.2, 0.25) is 0 Å². The van der Waals surface area contributed by atoms with Crippen LogP contribution < -0.4 is 10.0 Å². The van der Waals surface area contributed by atoms with Gasteiger partial charge >= 0.3 is 6.18 Å². The van der Waals surface area contributed by atoms with E-state index < -0.39 is 27.7 Å². The third-order valence-corrected chi connectivity index (χ3v) is 6.63. The highest BCUT2D eigenvalue weighted by molar-refractivity contribution is 7.92. The van der Waals surface area contributed by atoms with Crippen LogP contribution in [0.25, 0.3) is 0 Å². The van der Waals surface area contributed by atoms with Crippen LogP contribution in [0.2, 0.25) is 0 Å². The summed E-state index contributed by atoms with van der Waals surface area (Å²) in [5.41, 5.74) is -0.0365. The SMILES string of the molecule is Cc1ccsc1CNC(=O)c1cccc(S(=O)(=O)Nc2cccc(C(F)(F)F)c2)c1. The summed E-state index contributed by atoms with van der Waals surface area (Å²) < 4.78 is 65.9. The quantitative estimate of drug-likeness (QED) is 0.562. The molecule has 0 radical (unpaired) electrons. The summed E-state index contributed by atoms with van der Waals surface area (Å²) in [7, 11) is -4.19. The molecule has 5 nitrogen and oxygen atoms in total. The molecule has 0 atom stereocenters. The number of amides is 1. The Balaban J connectivity index is 1.77. The molecule has 0 bridgehead atoms.